The van der Waals surface area contributed by atoms with E-state index in [1.807, 2.05) is 48.8 Å². The van der Waals surface area contributed by atoms with Crippen LogP contribution in [0, 0.1) is 5.92 Å². The third-order valence-electron chi connectivity index (χ3n) is 5.12. The minimum Gasteiger partial charge on any atom is -0.370 e. The molecular weight excluding hydrogens is 340 g/mol. The fourth-order valence-electron chi connectivity index (χ4n) is 3.64. The van der Waals surface area contributed by atoms with E-state index in [2.05, 4.69) is 29.2 Å². The molecule has 2 aromatic heterocycles. The van der Waals surface area contributed by atoms with E-state index in [1.54, 1.807) is 10.7 Å². The smallest absolute Gasteiger partial charge is 0.251 e. The predicted molar refractivity (Wildman–Crippen MR) is 102 cm³/mol. The molecule has 0 unspecified atom stereocenters. The molecule has 3 atom stereocenters. The lowest BCUT2D eigenvalue weighted by molar-refractivity contribution is -0.0818. The van der Waals surface area contributed by atoms with Gasteiger partial charge in [0, 0.05) is 29.6 Å². The number of nitrogens with zero attached hydrogens (tertiary/aromatic N) is 3. The van der Waals surface area contributed by atoms with Crippen molar-refractivity contribution in [3.05, 3.63) is 66.1 Å². The largest absolute Gasteiger partial charge is 0.370 e. The van der Waals surface area contributed by atoms with Gasteiger partial charge in [0.25, 0.3) is 5.91 Å². The molecule has 1 aliphatic rings. The van der Waals surface area contributed by atoms with Crippen LogP contribution in [0.1, 0.15) is 48.7 Å². The minimum atomic E-state index is -0.139. The van der Waals surface area contributed by atoms with E-state index >= 15 is 0 Å². The number of hydrogen-bond donors (Lipinski definition) is 1. The van der Waals surface area contributed by atoms with Crippen molar-refractivity contribution in [2.75, 3.05) is 0 Å². The molecule has 1 aromatic carbocycles. The number of fused-ring (bicyclic) bond motifs is 1. The molecule has 1 amide bonds. The molecule has 27 heavy (non-hydrogen) atoms. The second-order valence-electron chi connectivity index (χ2n) is 7.40. The Hall–Kier alpha value is -2.73. The van der Waals surface area contributed by atoms with Crippen LogP contribution in [0.3, 0.4) is 0 Å². The standard InChI is InChI=1S/C21H24N4O2/c1-14(2)18-11-16(24-21(26)15-7-4-3-5-8-15)12-19(27-18)17-13-23-25-10-6-9-22-20(17)25/h3-10,13-14,16,18-19H,11-12H2,1-2H3,(H,24,26)/t16-,18-,19+/m1/s1. The molecule has 1 fully saturated rings. The van der Waals surface area contributed by atoms with E-state index in [-0.39, 0.29) is 24.2 Å². The summed E-state index contributed by atoms with van der Waals surface area (Å²) in [6, 6.07) is 11.2. The zero-order valence-electron chi connectivity index (χ0n) is 15.6. The van der Waals surface area contributed by atoms with Gasteiger partial charge in [-0.3, -0.25) is 4.79 Å². The zero-order valence-corrected chi connectivity index (χ0v) is 15.6. The Morgan fingerprint density at radius 3 is 2.81 bits per heavy atom. The molecule has 0 saturated carbocycles. The van der Waals surface area contributed by atoms with Gasteiger partial charge in [-0.25, -0.2) is 9.50 Å². The number of hydrogen-bond acceptors (Lipinski definition) is 4. The van der Waals surface area contributed by atoms with Crippen LogP contribution < -0.4 is 5.32 Å². The summed E-state index contributed by atoms with van der Waals surface area (Å²) in [5.41, 5.74) is 2.46. The third kappa shape index (κ3) is 3.71. The normalized spacial score (nSPS) is 22.9. The van der Waals surface area contributed by atoms with Gasteiger partial charge in [-0.2, -0.15) is 5.10 Å². The van der Waals surface area contributed by atoms with Crippen LogP contribution in [0.2, 0.25) is 0 Å². The highest BCUT2D eigenvalue weighted by Crippen LogP contribution is 2.35. The average Bonchev–Trinajstić information content (AvgIpc) is 3.12. The number of nitrogens with one attached hydrogen (secondary N) is 1. The van der Waals surface area contributed by atoms with E-state index in [0.29, 0.717) is 17.9 Å². The van der Waals surface area contributed by atoms with Crippen molar-refractivity contribution in [1.82, 2.24) is 19.9 Å². The first kappa shape index (κ1) is 17.7. The topological polar surface area (TPSA) is 68.5 Å². The maximum Gasteiger partial charge on any atom is 0.251 e. The van der Waals surface area contributed by atoms with Crippen LogP contribution in [0.4, 0.5) is 0 Å². The van der Waals surface area contributed by atoms with Crippen LogP contribution >= 0.6 is 0 Å². The maximum atomic E-state index is 12.6. The Kier molecular flexibility index (Phi) is 4.90. The Bertz CT molecular complexity index is 922. The number of benzene rings is 1. The lowest BCUT2D eigenvalue weighted by atomic mass is 9.90. The first-order chi connectivity index (χ1) is 13.1. The van der Waals surface area contributed by atoms with Crippen LogP contribution in [0.5, 0.6) is 0 Å². The van der Waals surface area contributed by atoms with Gasteiger partial charge in [0.2, 0.25) is 0 Å². The summed E-state index contributed by atoms with van der Waals surface area (Å²) in [6.07, 6.45) is 6.91. The Balaban J connectivity index is 1.57. The summed E-state index contributed by atoms with van der Waals surface area (Å²) in [7, 11) is 0. The molecule has 140 valence electrons. The van der Waals surface area contributed by atoms with E-state index in [1.165, 1.54) is 0 Å². The quantitative estimate of drug-likeness (QED) is 0.770. The van der Waals surface area contributed by atoms with Crippen molar-refractivity contribution in [3.63, 3.8) is 0 Å². The summed E-state index contributed by atoms with van der Waals surface area (Å²) < 4.78 is 8.13. The SMILES string of the molecule is CC(C)[C@H]1C[C@@H](NC(=O)c2ccccc2)C[C@@H](c2cnn3cccnc23)O1. The molecular formula is C21H24N4O2. The van der Waals surface area contributed by atoms with Crippen molar-refractivity contribution in [2.45, 2.75) is 44.9 Å². The van der Waals surface area contributed by atoms with Gasteiger partial charge in [-0.05, 0) is 37.0 Å². The molecule has 0 spiro atoms. The molecule has 6 heteroatoms. The number of carbonyl (C=O) groups is 1. The van der Waals surface area contributed by atoms with E-state index < -0.39 is 0 Å². The van der Waals surface area contributed by atoms with Crippen LogP contribution in [0.15, 0.2) is 55.0 Å². The average molecular weight is 364 g/mol. The molecule has 0 bridgehead atoms. The van der Waals surface area contributed by atoms with Crippen LogP contribution in [-0.2, 0) is 4.74 Å². The Labute approximate surface area is 158 Å². The highest BCUT2D eigenvalue weighted by molar-refractivity contribution is 5.94. The molecule has 3 aromatic rings. The van der Waals surface area contributed by atoms with Crippen molar-refractivity contribution in [2.24, 2.45) is 5.92 Å². The molecule has 1 N–H and O–H groups in total. The van der Waals surface area contributed by atoms with Gasteiger partial charge in [-0.15, -0.1) is 0 Å². The van der Waals surface area contributed by atoms with Gasteiger partial charge in [0.05, 0.1) is 18.4 Å². The van der Waals surface area contributed by atoms with Gasteiger partial charge >= 0.3 is 0 Å². The maximum absolute atomic E-state index is 12.6. The Morgan fingerprint density at radius 1 is 1.22 bits per heavy atom. The molecule has 1 saturated heterocycles. The number of amides is 1. The first-order valence-corrected chi connectivity index (χ1v) is 9.41. The molecule has 6 nitrogen and oxygen atoms in total. The van der Waals surface area contributed by atoms with Gasteiger partial charge in [0.15, 0.2) is 5.65 Å². The van der Waals surface area contributed by atoms with Crippen molar-refractivity contribution in [1.29, 1.82) is 0 Å². The van der Waals surface area contributed by atoms with Gasteiger partial charge in [-0.1, -0.05) is 32.0 Å². The molecule has 4 rings (SSSR count). The molecule has 1 aliphatic heterocycles. The predicted octanol–water partition coefficient (Wildman–Crippen LogP) is 3.40. The summed E-state index contributed by atoms with van der Waals surface area (Å²) >= 11 is 0. The summed E-state index contributed by atoms with van der Waals surface area (Å²) in [5, 5.41) is 7.58. The first-order valence-electron chi connectivity index (χ1n) is 9.41. The monoisotopic (exact) mass is 364 g/mol. The van der Waals surface area contributed by atoms with Gasteiger partial charge < -0.3 is 10.1 Å². The van der Waals surface area contributed by atoms with E-state index in [4.69, 9.17) is 4.74 Å². The Morgan fingerprint density at radius 2 is 2.04 bits per heavy atom. The number of rotatable bonds is 4. The summed E-state index contributed by atoms with van der Waals surface area (Å²) in [5.74, 6) is 0.320. The van der Waals surface area contributed by atoms with Crippen molar-refractivity contribution < 1.29 is 9.53 Å². The van der Waals surface area contributed by atoms with E-state index in [9.17, 15) is 4.79 Å². The molecule has 0 radical (unpaired) electrons. The molecule has 3 heterocycles. The third-order valence-corrected chi connectivity index (χ3v) is 5.12. The fourth-order valence-corrected chi connectivity index (χ4v) is 3.64. The zero-order chi connectivity index (χ0) is 18.8. The number of aromatic nitrogens is 3. The second kappa shape index (κ2) is 7.48. The minimum absolute atomic E-state index is 0.0401. The van der Waals surface area contributed by atoms with Crippen LogP contribution in [0.25, 0.3) is 5.65 Å². The number of carbonyl (C=O) groups excluding carboxylic acids is 1. The van der Waals surface area contributed by atoms with Crippen molar-refractivity contribution >= 4 is 11.6 Å². The number of ether oxygens (including phenoxy) is 1. The lowest BCUT2D eigenvalue weighted by Crippen LogP contribution is -2.44. The van der Waals surface area contributed by atoms with Gasteiger partial charge in [0.1, 0.15) is 0 Å². The summed E-state index contributed by atoms with van der Waals surface area (Å²) in [4.78, 5) is 17.1. The van der Waals surface area contributed by atoms with Crippen LogP contribution in [-0.4, -0.2) is 32.7 Å². The second-order valence-corrected chi connectivity index (χ2v) is 7.40. The lowest BCUT2D eigenvalue weighted by Gasteiger charge is -2.37. The van der Waals surface area contributed by atoms with Crippen molar-refractivity contribution in [3.8, 4) is 0 Å². The highest BCUT2D eigenvalue weighted by atomic mass is 16.5. The molecule has 0 aliphatic carbocycles. The fraction of sp³-hybridized carbons (Fsp3) is 0.381. The van der Waals surface area contributed by atoms with E-state index in [0.717, 1.165) is 17.6 Å². The summed E-state index contributed by atoms with van der Waals surface area (Å²) in [6.45, 7) is 4.30. The highest BCUT2D eigenvalue weighted by Gasteiger charge is 2.34.